The van der Waals surface area contributed by atoms with Crippen LogP contribution in [0, 0.1) is 10.1 Å². The van der Waals surface area contributed by atoms with Gasteiger partial charge in [0.25, 0.3) is 5.69 Å². The van der Waals surface area contributed by atoms with E-state index in [1.807, 2.05) is 0 Å². The Morgan fingerprint density at radius 1 is 1.61 bits per heavy atom. The number of non-ortho nitro benzene ring substituents is 1. The highest BCUT2D eigenvalue weighted by molar-refractivity contribution is 5.84. The fourth-order valence-electron chi connectivity index (χ4n) is 1.82. The van der Waals surface area contributed by atoms with Crippen molar-refractivity contribution in [3.8, 4) is 5.75 Å². The zero-order chi connectivity index (χ0) is 13.0. The summed E-state index contributed by atoms with van der Waals surface area (Å²) >= 11 is 0. The maximum absolute atomic E-state index is 10.6. The van der Waals surface area contributed by atoms with E-state index < -0.39 is 4.92 Å². The van der Waals surface area contributed by atoms with E-state index in [9.17, 15) is 15.2 Å². The molecule has 96 valence electrons. The van der Waals surface area contributed by atoms with Gasteiger partial charge in [0.15, 0.2) is 0 Å². The van der Waals surface area contributed by atoms with E-state index in [4.69, 9.17) is 4.74 Å². The average Bonchev–Trinajstić information content (AvgIpc) is 2.84. The van der Waals surface area contributed by atoms with Crippen molar-refractivity contribution in [1.29, 1.82) is 0 Å². The van der Waals surface area contributed by atoms with Crippen molar-refractivity contribution in [2.45, 2.75) is 18.9 Å². The molecule has 0 radical (unpaired) electrons. The van der Waals surface area contributed by atoms with E-state index in [1.54, 1.807) is 0 Å². The molecule has 18 heavy (non-hydrogen) atoms. The van der Waals surface area contributed by atoms with Crippen molar-refractivity contribution in [3.05, 3.63) is 33.9 Å². The number of rotatable bonds is 4. The van der Waals surface area contributed by atoms with E-state index in [-0.39, 0.29) is 17.5 Å². The summed E-state index contributed by atoms with van der Waals surface area (Å²) in [5.41, 5.74) is 0.286. The zero-order valence-corrected chi connectivity index (χ0v) is 9.78. The van der Waals surface area contributed by atoms with Crippen LogP contribution in [0.25, 0.3) is 0 Å². The van der Waals surface area contributed by atoms with Crippen LogP contribution < -0.4 is 0 Å². The van der Waals surface area contributed by atoms with Crippen LogP contribution >= 0.6 is 0 Å². The van der Waals surface area contributed by atoms with Gasteiger partial charge in [-0.3, -0.25) is 15.1 Å². The fraction of sp³-hybridized carbons (Fsp3) is 0.417. The summed E-state index contributed by atoms with van der Waals surface area (Å²) < 4.78 is 5.40. The molecule has 6 nitrogen and oxygen atoms in total. The van der Waals surface area contributed by atoms with Gasteiger partial charge >= 0.3 is 0 Å². The Kier molecular flexibility index (Phi) is 3.88. The number of nitro groups is 1. The van der Waals surface area contributed by atoms with Crippen LogP contribution in [0.15, 0.2) is 23.2 Å². The minimum absolute atomic E-state index is 0.0170. The van der Waals surface area contributed by atoms with Crippen molar-refractivity contribution in [3.63, 3.8) is 0 Å². The second kappa shape index (κ2) is 5.59. The molecule has 1 fully saturated rings. The third kappa shape index (κ3) is 3.04. The highest BCUT2D eigenvalue weighted by Gasteiger charge is 2.14. The summed E-state index contributed by atoms with van der Waals surface area (Å²) in [5.74, 6) is -0.0170. The number of hydrogen-bond acceptors (Lipinski definition) is 5. The quantitative estimate of drug-likeness (QED) is 0.502. The maximum Gasteiger partial charge on any atom is 0.270 e. The molecule has 0 bridgehead atoms. The fourth-order valence-corrected chi connectivity index (χ4v) is 1.82. The SMILES string of the molecule is O=[N+]([O-])c1ccc(O)c(C=NC[C@H]2CCCO2)c1. The third-order valence-electron chi connectivity index (χ3n) is 2.79. The van der Waals surface area contributed by atoms with Crippen LogP contribution in [-0.2, 0) is 4.74 Å². The van der Waals surface area contributed by atoms with Crippen molar-refractivity contribution in [2.24, 2.45) is 4.99 Å². The Bertz CT molecular complexity index is 467. The van der Waals surface area contributed by atoms with Gasteiger partial charge in [-0.25, -0.2) is 0 Å². The lowest BCUT2D eigenvalue weighted by Crippen LogP contribution is -2.08. The van der Waals surface area contributed by atoms with Crippen molar-refractivity contribution in [1.82, 2.24) is 0 Å². The third-order valence-corrected chi connectivity index (χ3v) is 2.79. The molecule has 1 aliphatic heterocycles. The second-order valence-corrected chi connectivity index (χ2v) is 4.13. The Balaban J connectivity index is 2.04. The lowest BCUT2D eigenvalue weighted by Gasteiger charge is -2.04. The van der Waals surface area contributed by atoms with Gasteiger partial charge < -0.3 is 9.84 Å². The average molecular weight is 250 g/mol. The predicted octanol–water partition coefficient (Wildman–Crippen LogP) is 1.90. The number of phenols is 1. The number of ether oxygens (including phenoxy) is 1. The summed E-state index contributed by atoms with van der Waals surface area (Å²) in [6, 6.07) is 3.85. The van der Waals surface area contributed by atoms with Gasteiger partial charge in [-0.1, -0.05) is 0 Å². The number of aromatic hydroxyl groups is 1. The zero-order valence-electron chi connectivity index (χ0n) is 9.78. The number of aliphatic imine (C=N–C) groups is 1. The number of nitrogens with zero attached hydrogens (tertiary/aromatic N) is 2. The molecule has 0 spiro atoms. The molecule has 1 atom stereocenters. The van der Waals surface area contributed by atoms with Crippen LogP contribution in [0.5, 0.6) is 5.75 Å². The first kappa shape index (κ1) is 12.5. The molecule has 0 amide bonds. The lowest BCUT2D eigenvalue weighted by atomic mass is 10.2. The first-order chi connectivity index (χ1) is 8.66. The summed E-state index contributed by atoms with van der Waals surface area (Å²) in [6.45, 7) is 1.28. The van der Waals surface area contributed by atoms with Gasteiger partial charge in [-0.2, -0.15) is 0 Å². The molecule has 1 aliphatic rings. The molecule has 1 aromatic carbocycles. The van der Waals surface area contributed by atoms with Gasteiger partial charge in [0.1, 0.15) is 5.75 Å². The van der Waals surface area contributed by atoms with Gasteiger partial charge in [0.05, 0.1) is 17.6 Å². The van der Waals surface area contributed by atoms with Crippen LogP contribution in [-0.4, -0.2) is 35.5 Å². The minimum Gasteiger partial charge on any atom is -0.507 e. The van der Waals surface area contributed by atoms with Gasteiger partial charge in [0.2, 0.25) is 0 Å². The maximum atomic E-state index is 10.6. The predicted molar refractivity (Wildman–Crippen MR) is 66.2 cm³/mol. The summed E-state index contributed by atoms with van der Waals surface area (Å²) in [7, 11) is 0. The van der Waals surface area contributed by atoms with Crippen LogP contribution in [0.3, 0.4) is 0 Å². The summed E-state index contributed by atoms with van der Waals surface area (Å²) in [4.78, 5) is 14.3. The molecule has 0 aliphatic carbocycles. The number of hydrogen-bond donors (Lipinski definition) is 1. The summed E-state index contributed by atoms with van der Waals surface area (Å²) in [5, 5.41) is 20.2. The molecular weight excluding hydrogens is 236 g/mol. The molecule has 1 aromatic rings. The molecule has 1 N–H and O–H groups in total. The first-order valence-corrected chi connectivity index (χ1v) is 5.75. The van der Waals surface area contributed by atoms with E-state index in [1.165, 1.54) is 24.4 Å². The van der Waals surface area contributed by atoms with E-state index in [0.717, 1.165) is 19.4 Å². The van der Waals surface area contributed by atoms with Gasteiger partial charge in [-0.05, 0) is 18.9 Å². The molecule has 0 saturated carbocycles. The monoisotopic (exact) mass is 250 g/mol. The molecule has 0 aromatic heterocycles. The van der Waals surface area contributed by atoms with E-state index in [0.29, 0.717) is 12.1 Å². The minimum atomic E-state index is -0.503. The first-order valence-electron chi connectivity index (χ1n) is 5.75. The van der Waals surface area contributed by atoms with E-state index >= 15 is 0 Å². The molecular formula is C12H14N2O4. The molecule has 1 heterocycles. The Hall–Kier alpha value is -1.95. The summed E-state index contributed by atoms with van der Waals surface area (Å²) in [6.07, 6.45) is 3.60. The van der Waals surface area contributed by atoms with Crippen molar-refractivity contribution in [2.75, 3.05) is 13.2 Å². The molecule has 6 heteroatoms. The normalized spacial score (nSPS) is 19.4. The van der Waals surface area contributed by atoms with Gasteiger partial charge in [-0.15, -0.1) is 0 Å². The highest BCUT2D eigenvalue weighted by Crippen LogP contribution is 2.21. The van der Waals surface area contributed by atoms with Gasteiger partial charge in [0, 0.05) is 30.5 Å². The highest BCUT2D eigenvalue weighted by atomic mass is 16.6. The molecule has 0 unspecified atom stereocenters. The number of nitro benzene ring substituents is 1. The lowest BCUT2D eigenvalue weighted by molar-refractivity contribution is -0.384. The van der Waals surface area contributed by atoms with Crippen LogP contribution in [0.2, 0.25) is 0 Å². The topological polar surface area (TPSA) is 85.0 Å². The molecule has 1 saturated heterocycles. The van der Waals surface area contributed by atoms with Crippen LogP contribution in [0.4, 0.5) is 5.69 Å². The number of phenolic OH excluding ortho intramolecular Hbond substituents is 1. The Labute approximate surface area is 104 Å². The Morgan fingerprint density at radius 3 is 3.11 bits per heavy atom. The largest absolute Gasteiger partial charge is 0.507 e. The number of benzene rings is 1. The van der Waals surface area contributed by atoms with Crippen LogP contribution in [0.1, 0.15) is 18.4 Å². The Morgan fingerprint density at radius 2 is 2.44 bits per heavy atom. The van der Waals surface area contributed by atoms with E-state index in [2.05, 4.69) is 4.99 Å². The second-order valence-electron chi connectivity index (χ2n) is 4.13. The molecule has 2 rings (SSSR count). The van der Waals surface area contributed by atoms with Crippen molar-refractivity contribution < 1.29 is 14.8 Å². The standard InChI is InChI=1S/C12H14N2O4/c15-12-4-3-10(14(16)17)6-9(12)7-13-8-11-2-1-5-18-11/h3-4,6-7,11,15H,1-2,5,8H2/t11-/m1/s1. The smallest absolute Gasteiger partial charge is 0.270 e. The van der Waals surface area contributed by atoms with Crippen molar-refractivity contribution >= 4 is 11.9 Å².